The summed E-state index contributed by atoms with van der Waals surface area (Å²) < 4.78 is 0. The fourth-order valence-electron chi connectivity index (χ4n) is 2.25. The molecule has 1 aliphatic carbocycles. The van der Waals surface area contributed by atoms with Crippen molar-refractivity contribution in [1.29, 1.82) is 0 Å². The van der Waals surface area contributed by atoms with E-state index in [-0.39, 0.29) is 18.4 Å². The van der Waals surface area contributed by atoms with E-state index in [1.165, 1.54) is 0 Å². The van der Waals surface area contributed by atoms with Crippen molar-refractivity contribution in [3.63, 3.8) is 0 Å². The molecule has 0 bridgehead atoms. The molecule has 3 N–H and O–H groups in total. The summed E-state index contributed by atoms with van der Waals surface area (Å²) in [4.78, 5) is 0. The molecule has 0 aromatic heterocycles. The summed E-state index contributed by atoms with van der Waals surface area (Å²) in [7, 11) is 0. The Morgan fingerprint density at radius 2 is 1.76 bits per heavy atom. The monoisotopic (exact) mass is 238 g/mol. The van der Waals surface area contributed by atoms with Gasteiger partial charge in [-0.25, -0.2) is 0 Å². The summed E-state index contributed by atoms with van der Waals surface area (Å²) in [6.45, 7) is 1.91. The standard InChI is InChI=1S/C14H22O3/c1-2-3-4-5-6-7-11-8-12(16)9-14(17)13(11)10-15/h2-7,11-17H,8-10H2,1H3/b3-2+,5-4+,7-6+/t11-,12+,13+,14+/m0/s1. The number of rotatable bonds is 4. The zero-order chi connectivity index (χ0) is 12.7. The lowest BCUT2D eigenvalue weighted by molar-refractivity contribution is -0.0382. The van der Waals surface area contributed by atoms with Crippen molar-refractivity contribution in [3.05, 3.63) is 36.5 Å². The largest absolute Gasteiger partial charge is 0.396 e. The first-order valence-corrected chi connectivity index (χ1v) is 6.12. The molecule has 0 aromatic rings. The van der Waals surface area contributed by atoms with Crippen LogP contribution in [0.4, 0.5) is 0 Å². The summed E-state index contributed by atoms with van der Waals surface area (Å²) in [5, 5.41) is 28.6. The Hall–Kier alpha value is -0.900. The van der Waals surface area contributed by atoms with Crippen LogP contribution in [0, 0.1) is 11.8 Å². The normalized spacial score (nSPS) is 35.3. The minimum absolute atomic E-state index is 0.0361. The highest BCUT2D eigenvalue weighted by Gasteiger charge is 2.34. The second-order valence-electron chi connectivity index (χ2n) is 4.50. The molecule has 17 heavy (non-hydrogen) atoms. The van der Waals surface area contributed by atoms with E-state index in [9.17, 15) is 15.3 Å². The molecule has 1 rings (SSSR count). The Morgan fingerprint density at radius 3 is 2.41 bits per heavy atom. The van der Waals surface area contributed by atoms with Crippen molar-refractivity contribution in [1.82, 2.24) is 0 Å². The maximum absolute atomic E-state index is 9.77. The van der Waals surface area contributed by atoms with E-state index in [2.05, 4.69) is 0 Å². The SMILES string of the molecule is C/C=C/C=C/C=C/[C@H]1C[C@@H](O)C[C@@H](O)[C@@H]1CO. The molecule has 0 radical (unpaired) electrons. The summed E-state index contributed by atoms with van der Waals surface area (Å²) in [5.41, 5.74) is 0. The summed E-state index contributed by atoms with van der Waals surface area (Å²) in [5.74, 6) is -0.126. The molecule has 0 aliphatic heterocycles. The summed E-state index contributed by atoms with van der Waals surface area (Å²) in [6.07, 6.45) is 11.4. The third kappa shape index (κ3) is 4.46. The topological polar surface area (TPSA) is 60.7 Å². The molecule has 0 unspecified atom stereocenters. The average Bonchev–Trinajstić information content (AvgIpc) is 2.28. The van der Waals surface area contributed by atoms with Gasteiger partial charge in [-0.2, -0.15) is 0 Å². The van der Waals surface area contributed by atoms with Gasteiger partial charge in [0.15, 0.2) is 0 Å². The highest BCUT2D eigenvalue weighted by Crippen LogP contribution is 2.31. The Morgan fingerprint density at radius 1 is 1.06 bits per heavy atom. The number of allylic oxidation sites excluding steroid dienone is 6. The van der Waals surface area contributed by atoms with Crippen molar-refractivity contribution < 1.29 is 15.3 Å². The molecule has 0 saturated heterocycles. The minimum Gasteiger partial charge on any atom is -0.396 e. The van der Waals surface area contributed by atoms with Gasteiger partial charge >= 0.3 is 0 Å². The number of hydrogen-bond acceptors (Lipinski definition) is 3. The van der Waals surface area contributed by atoms with Crippen molar-refractivity contribution in [2.45, 2.75) is 32.0 Å². The van der Waals surface area contributed by atoms with Crippen LogP contribution >= 0.6 is 0 Å². The van der Waals surface area contributed by atoms with Crippen LogP contribution in [0.15, 0.2) is 36.5 Å². The molecule has 0 amide bonds. The van der Waals surface area contributed by atoms with Crippen LogP contribution in [0.5, 0.6) is 0 Å². The van der Waals surface area contributed by atoms with Crippen LogP contribution in [0.1, 0.15) is 19.8 Å². The van der Waals surface area contributed by atoms with Gasteiger partial charge in [-0.3, -0.25) is 0 Å². The first-order valence-electron chi connectivity index (χ1n) is 6.12. The molecule has 1 fully saturated rings. The lowest BCUT2D eigenvalue weighted by atomic mass is 9.76. The predicted molar refractivity (Wildman–Crippen MR) is 68.4 cm³/mol. The Balaban J connectivity index is 2.59. The third-order valence-corrected chi connectivity index (χ3v) is 3.20. The second kappa shape index (κ2) is 7.43. The van der Waals surface area contributed by atoms with Crippen LogP contribution in [-0.2, 0) is 0 Å². The Kier molecular flexibility index (Phi) is 6.19. The van der Waals surface area contributed by atoms with Crippen LogP contribution in [0.25, 0.3) is 0 Å². The van der Waals surface area contributed by atoms with Crippen molar-refractivity contribution >= 4 is 0 Å². The van der Waals surface area contributed by atoms with Crippen molar-refractivity contribution in [2.75, 3.05) is 6.61 Å². The summed E-state index contributed by atoms with van der Waals surface area (Å²) in [6, 6.07) is 0. The molecule has 0 heterocycles. The highest BCUT2D eigenvalue weighted by atomic mass is 16.3. The molecule has 1 aliphatic rings. The van der Waals surface area contributed by atoms with Crippen LogP contribution in [0.2, 0.25) is 0 Å². The number of hydrogen-bond donors (Lipinski definition) is 3. The number of aliphatic hydroxyl groups is 3. The van der Waals surface area contributed by atoms with Gasteiger partial charge in [-0.05, 0) is 25.7 Å². The van der Waals surface area contributed by atoms with Gasteiger partial charge in [0.25, 0.3) is 0 Å². The van der Waals surface area contributed by atoms with Gasteiger partial charge in [0.1, 0.15) is 0 Å². The first kappa shape index (κ1) is 14.2. The van der Waals surface area contributed by atoms with E-state index in [1.807, 2.05) is 43.4 Å². The molecule has 1 saturated carbocycles. The van der Waals surface area contributed by atoms with E-state index in [0.717, 1.165) is 0 Å². The molecule has 96 valence electrons. The minimum atomic E-state index is -0.613. The quantitative estimate of drug-likeness (QED) is 0.649. The number of aliphatic hydroxyl groups excluding tert-OH is 3. The van der Waals surface area contributed by atoms with Crippen molar-refractivity contribution in [3.8, 4) is 0 Å². The van der Waals surface area contributed by atoms with Gasteiger partial charge in [0.05, 0.1) is 12.2 Å². The van der Waals surface area contributed by atoms with Gasteiger partial charge in [-0.1, -0.05) is 36.5 Å². The molecular weight excluding hydrogens is 216 g/mol. The lowest BCUT2D eigenvalue weighted by Crippen LogP contribution is -2.39. The highest BCUT2D eigenvalue weighted by molar-refractivity contribution is 5.12. The zero-order valence-electron chi connectivity index (χ0n) is 10.2. The fraction of sp³-hybridized carbons (Fsp3) is 0.571. The van der Waals surface area contributed by atoms with Crippen molar-refractivity contribution in [2.24, 2.45) is 11.8 Å². The predicted octanol–water partition coefficient (Wildman–Crippen LogP) is 1.42. The van der Waals surface area contributed by atoms with E-state index in [0.29, 0.717) is 12.8 Å². The van der Waals surface area contributed by atoms with E-state index >= 15 is 0 Å². The molecule has 0 aromatic carbocycles. The fourth-order valence-corrected chi connectivity index (χ4v) is 2.25. The first-order chi connectivity index (χ1) is 8.19. The smallest absolute Gasteiger partial charge is 0.0620 e. The maximum Gasteiger partial charge on any atom is 0.0620 e. The third-order valence-electron chi connectivity index (χ3n) is 3.20. The van der Waals surface area contributed by atoms with Gasteiger partial charge < -0.3 is 15.3 Å². The average molecular weight is 238 g/mol. The van der Waals surface area contributed by atoms with Crippen LogP contribution in [-0.4, -0.2) is 34.1 Å². The van der Waals surface area contributed by atoms with Gasteiger partial charge in [-0.15, -0.1) is 0 Å². The van der Waals surface area contributed by atoms with Crippen LogP contribution in [0.3, 0.4) is 0 Å². The Labute approximate surface area is 103 Å². The molecule has 3 heteroatoms. The van der Waals surface area contributed by atoms with E-state index in [4.69, 9.17) is 0 Å². The maximum atomic E-state index is 9.77. The van der Waals surface area contributed by atoms with Gasteiger partial charge in [0, 0.05) is 12.5 Å². The molecule has 0 spiro atoms. The van der Waals surface area contributed by atoms with E-state index in [1.54, 1.807) is 0 Å². The lowest BCUT2D eigenvalue weighted by Gasteiger charge is -2.35. The van der Waals surface area contributed by atoms with E-state index < -0.39 is 12.2 Å². The van der Waals surface area contributed by atoms with Gasteiger partial charge in [0.2, 0.25) is 0 Å². The summed E-state index contributed by atoms with van der Waals surface area (Å²) >= 11 is 0. The molecular formula is C14H22O3. The molecule has 3 nitrogen and oxygen atoms in total. The zero-order valence-corrected chi connectivity index (χ0v) is 10.2. The van der Waals surface area contributed by atoms with Crippen LogP contribution < -0.4 is 0 Å². The molecule has 4 atom stereocenters. The second-order valence-corrected chi connectivity index (χ2v) is 4.50. The Bertz CT molecular complexity index is 294.